The Bertz CT molecular complexity index is 579. The minimum atomic E-state index is -0.395. The average Bonchev–Trinajstić information content (AvgIpc) is 2.68. The number of carbonyl (C=O) groups is 1. The molecule has 1 aromatic carbocycles. The lowest BCUT2D eigenvalue weighted by Gasteiger charge is -2.20. The van der Waals surface area contributed by atoms with Crippen LogP contribution in [0.4, 0.5) is 0 Å². The highest BCUT2D eigenvalue weighted by Gasteiger charge is 2.20. The summed E-state index contributed by atoms with van der Waals surface area (Å²) < 4.78 is 5.15. The first-order valence-electron chi connectivity index (χ1n) is 6.56. The number of carbonyl (C=O) groups excluding carboxylic acids is 1. The van der Waals surface area contributed by atoms with Crippen LogP contribution in [-0.4, -0.2) is 12.6 Å². The van der Waals surface area contributed by atoms with Crippen molar-refractivity contribution in [2.24, 2.45) is 5.41 Å². The topological polar surface area (TPSA) is 26.3 Å². The van der Waals surface area contributed by atoms with Crippen molar-refractivity contribution in [3.8, 4) is 0 Å². The quantitative estimate of drug-likeness (QED) is 0.609. The van der Waals surface area contributed by atoms with Gasteiger partial charge >= 0.3 is 5.97 Å². The number of hydrogen-bond donors (Lipinski definition) is 0. The van der Waals surface area contributed by atoms with Crippen LogP contribution in [0, 0.1) is 5.41 Å². The van der Waals surface area contributed by atoms with Crippen LogP contribution in [0.5, 0.6) is 0 Å². The lowest BCUT2D eigenvalue weighted by molar-refractivity contribution is -0.139. The van der Waals surface area contributed by atoms with Crippen LogP contribution in [-0.2, 0) is 9.53 Å². The van der Waals surface area contributed by atoms with Gasteiger partial charge in [-0.3, -0.25) is 0 Å². The van der Waals surface area contributed by atoms with Crippen LogP contribution in [0.25, 0.3) is 5.57 Å². The summed E-state index contributed by atoms with van der Waals surface area (Å²) in [5.74, 6) is -0.395. The van der Waals surface area contributed by atoms with Crippen molar-refractivity contribution in [2.45, 2.75) is 6.92 Å². The van der Waals surface area contributed by atoms with Crippen molar-refractivity contribution in [2.75, 3.05) is 6.61 Å². The number of rotatable bonds is 4. The molecule has 102 valence electrons. The molecule has 0 radical (unpaired) electrons. The second kappa shape index (κ2) is 6.20. The van der Waals surface area contributed by atoms with Gasteiger partial charge < -0.3 is 4.74 Å². The summed E-state index contributed by atoms with van der Waals surface area (Å²) in [7, 11) is 0. The Hall–Kier alpha value is -2.35. The first-order valence-corrected chi connectivity index (χ1v) is 6.56. The molecule has 0 heterocycles. The number of hydrogen-bond acceptors (Lipinski definition) is 2. The van der Waals surface area contributed by atoms with Gasteiger partial charge in [0.25, 0.3) is 0 Å². The van der Waals surface area contributed by atoms with E-state index in [2.05, 4.69) is 36.9 Å². The largest absolute Gasteiger partial charge is 0.461 e. The Balaban J connectivity index is 2.12. The minimum Gasteiger partial charge on any atom is -0.461 e. The van der Waals surface area contributed by atoms with Crippen LogP contribution in [0.2, 0.25) is 0 Å². The number of benzene rings is 1. The van der Waals surface area contributed by atoms with E-state index in [0.717, 1.165) is 5.57 Å². The second-order valence-electron chi connectivity index (χ2n) is 5.00. The summed E-state index contributed by atoms with van der Waals surface area (Å²) >= 11 is 0. The van der Waals surface area contributed by atoms with E-state index in [4.69, 9.17) is 4.74 Å². The monoisotopic (exact) mass is 266 g/mol. The third-order valence-electron chi connectivity index (χ3n) is 3.20. The predicted octanol–water partition coefficient (Wildman–Crippen LogP) is 3.93. The molecule has 1 aromatic rings. The van der Waals surface area contributed by atoms with E-state index in [-0.39, 0.29) is 5.41 Å². The third kappa shape index (κ3) is 3.58. The maximum absolute atomic E-state index is 11.2. The molecular formula is C18H18O2. The van der Waals surface area contributed by atoms with E-state index in [1.165, 1.54) is 11.6 Å². The fourth-order valence-corrected chi connectivity index (χ4v) is 1.97. The van der Waals surface area contributed by atoms with Crippen LogP contribution in [0.15, 0.2) is 73.4 Å². The van der Waals surface area contributed by atoms with Gasteiger partial charge in [-0.25, -0.2) is 4.79 Å². The van der Waals surface area contributed by atoms with Crippen molar-refractivity contribution in [1.29, 1.82) is 0 Å². The number of ether oxygens (including phenoxy) is 1. The third-order valence-corrected chi connectivity index (χ3v) is 3.20. The highest BCUT2D eigenvalue weighted by molar-refractivity contribution is 5.81. The Labute approximate surface area is 119 Å². The molecule has 0 N–H and O–H groups in total. The molecule has 1 atom stereocenters. The molecule has 2 heteroatoms. The van der Waals surface area contributed by atoms with E-state index in [1.807, 2.05) is 37.3 Å². The Morgan fingerprint density at radius 1 is 1.30 bits per heavy atom. The van der Waals surface area contributed by atoms with Crippen LogP contribution < -0.4 is 0 Å². The Morgan fingerprint density at radius 2 is 2.05 bits per heavy atom. The van der Waals surface area contributed by atoms with Crippen molar-refractivity contribution in [3.63, 3.8) is 0 Å². The Morgan fingerprint density at radius 3 is 2.75 bits per heavy atom. The maximum atomic E-state index is 11.2. The van der Waals surface area contributed by atoms with Gasteiger partial charge in [0.15, 0.2) is 0 Å². The predicted molar refractivity (Wildman–Crippen MR) is 82.0 cm³/mol. The van der Waals surface area contributed by atoms with E-state index >= 15 is 0 Å². The van der Waals surface area contributed by atoms with E-state index in [0.29, 0.717) is 6.61 Å². The zero-order valence-corrected chi connectivity index (χ0v) is 11.6. The molecule has 2 nitrogen and oxygen atoms in total. The van der Waals surface area contributed by atoms with Gasteiger partial charge in [-0.15, -0.1) is 0 Å². The van der Waals surface area contributed by atoms with Gasteiger partial charge in [0.1, 0.15) is 6.61 Å². The molecule has 1 aliphatic rings. The Kier molecular flexibility index (Phi) is 4.36. The van der Waals surface area contributed by atoms with Gasteiger partial charge in [0.05, 0.1) is 0 Å². The van der Waals surface area contributed by atoms with Crippen LogP contribution >= 0.6 is 0 Å². The molecule has 0 amide bonds. The lowest BCUT2D eigenvalue weighted by atomic mass is 9.91. The number of allylic oxidation sites excluding steroid dienone is 4. The van der Waals surface area contributed by atoms with Gasteiger partial charge in [-0.05, 0) is 18.1 Å². The molecule has 2 rings (SSSR count). The van der Waals surface area contributed by atoms with E-state index in [1.54, 1.807) is 0 Å². The smallest absolute Gasteiger partial charge is 0.330 e. The minimum absolute atomic E-state index is 0.300. The normalized spacial score (nSPS) is 20.9. The number of esters is 1. The summed E-state index contributed by atoms with van der Waals surface area (Å²) in [4.78, 5) is 11.2. The fraction of sp³-hybridized carbons (Fsp3) is 0.167. The molecular weight excluding hydrogens is 248 g/mol. The SMILES string of the molecule is C=CC(=O)OCC1(C)C=CC=C(c2ccccc2)C=C1. The average molecular weight is 266 g/mol. The first-order chi connectivity index (χ1) is 9.63. The van der Waals surface area contributed by atoms with E-state index in [9.17, 15) is 4.79 Å². The van der Waals surface area contributed by atoms with Crippen molar-refractivity contribution >= 4 is 11.5 Å². The molecule has 0 bridgehead atoms. The lowest BCUT2D eigenvalue weighted by Crippen LogP contribution is -2.20. The molecule has 0 fully saturated rings. The van der Waals surface area contributed by atoms with Gasteiger partial charge in [0.2, 0.25) is 0 Å². The molecule has 0 aromatic heterocycles. The maximum Gasteiger partial charge on any atom is 0.330 e. The molecule has 1 aliphatic carbocycles. The molecule has 1 unspecified atom stereocenters. The van der Waals surface area contributed by atoms with Crippen LogP contribution in [0.1, 0.15) is 12.5 Å². The summed E-state index contributed by atoms with van der Waals surface area (Å²) in [6, 6.07) is 10.2. The van der Waals surface area contributed by atoms with Crippen molar-refractivity contribution in [3.05, 3.63) is 78.9 Å². The fourth-order valence-electron chi connectivity index (χ4n) is 1.97. The zero-order chi connectivity index (χ0) is 14.4. The van der Waals surface area contributed by atoms with E-state index < -0.39 is 5.97 Å². The van der Waals surface area contributed by atoms with Gasteiger partial charge in [-0.1, -0.05) is 67.3 Å². The molecule has 0 saturated carbocycles. The highest BCUT2D eigenvalue weighted by Crippen LogP contribution is 2.27. The molecule has 20 heavy (non-hydrogen) atoms. The summed E-state index contributed by atoms with van der Waals surface area (Å²) in [5.41, 5.74) is 2.01. The summed E-state index contributed by atoms with van der Waals surface area (Å²) in [6.07, 6.45) is 11.4. The van der Waals surface area contributed by atoms with Crippen molar-refractivity contribution in [1.82, 2.24) is 0 Å². The standard InChI is InChI=1S/C18H18O2/c1-3-17(19)20-14-18(2)12-7-10-16(11-13-18)15-8-5-4-6-9-15/h3-13H,1,14H2,2H3. The zero-order valence-electron chi connectivity index (χ0n) is 11.6. The molecule has 0 aliphatic heterocycles. The van der Waals surface area contributed by atoms with Gasteiger partial charge in [0, 0.05) is 11.5 Å². The second-order valence-corrected chi connectivity index (χ2v) is 5.00. The highest BCUT2D eigenvalue weighted by atomic mass is 16.5. The molecule has 0 saturated heterocycles. The summed E-state index contributed by atoms with van der Waals surface area (Å²) in [6.45, 7) is 5.73. The summed E-state index contributed by atoms with van der Waals surface area (Å²) in [5, 5.41) is 0. The van der Waals surface area contributed by atoms with Crippen LogP contribution in [0.3, 0.4) is 0 Å². The van der Waals surface area contributed by atoms with Crippen molar-refractivity contribution < 1.29 is 9.53 Å². The van der Waals surface area contributed by atoms with Gasteiger partial charge in [-0.2, -0.15) is 0 Å². The molecule has 0 spiro atoms. The first kappa shape index (κ1) is 14.1.